The second-order valence-electron chi connectivity index (χ2n) is 7.36. The number of rotatable bonds is 4. The number of nitrogens with zero attached hydrogens (tertiary/aromatic N) is 3. The first-order chi connectivity index (χ1) is 13.1. The van der Waals surface area contributed by atoms with E-state index in [2.05, 4.69) is 34.6 Å². The van der Waals surface area contributed by atoms with Crippen molar-refractivity contribution in [3.8, 4) is 0 Å². The maximum absolute atomic E-state index is 12.9. The van der Waals surface area contributed by atoms with Crippen molar-refractivity contribution in [2.75, 3.05) is 18.0 Å². The number of dihydropyridines is 1. The van der Waals surface area contributed by atoms with Crippen LogP contribution >= 0.6 is 0 Å². The van der Waals surface area contributed by atoms with Gasteiger partial charge in [-0.2, -0.15) is 0 Å². The van der Waals surface area contributed by atoms with Crippen LogP contribution in [0.4, 0.5) is 5.95 Å². The van der Waals surface area contributed by atoms with Gasteiger partial charge in [0.1, 0.15) is 0 Å². The van der Waals surface area contributed by atoms with Crippen molar-refractivity contribution in [1.29, 1.82) is 0 Å². The van der Waals surface area contributed by atoms with E-state index < -0.39 is 0 Å². The standard InChI is InChI=1S/C21H27N5O/c1-15-18(10-7-11-22-15)23-14-16-8-6-9-17-19(16)24-21(25(2)20(17)27)26-12-4-3-5-13-26/h6-11,15,22-23H,3-5,12-14H2,1-2H3. The fraction of sp³-hybridized carbons (Fsp3) is 0.429. The number of nitrogens with one attached hydrogen (secondary N) is 2. The summed E-state index contributed by atoms with van der Waals surface area (Å²) in [5, 5.41) is 7.47. The molecule has 0 spiro atoms. The molecule has 6 nitrogen and oxygen atoms in total. The molecule has 2 aliphatic rings. The molecule has 27 heavy (non-hydrogen) atoms. The lowest BCUT2D eigenvalue weighted by atomic mass is 10.1. The molecule has 0 aliphatic carbocycles. The summed E-state index contributed by atoms with van der Waals surface area (Å²) in [4.78, 5) is 20.1. The summed E-state index contributed by atoms with van der Waals surface area (Å²) in [6.45, 7) is 4.69. The fourth-order valence-corrected chi connectivity index (χ4v) is 3.86. The average Bonchev–Trinajstić information content (AvgIpc) is 2.71. The van der Waals surface area contributed by atoms with Crippen LogP contribution in [0, 0.1) is 0 Å². The number of allylic oxidation sites excluding steroid dienone is 2. The SMILES string of the molecule is CC1NC=CC=C1NCc1cccc2c(=O)n(C)c(N3CCCCC3)nc12. The molecule has 3 heterocycles. The minimum atomic E-state index is 0.0253. The van der Waals surface area contributed by atoms with Gasteiger partial charge in [0.25, 0.3) is 5.56 Å². The van der Waals surface area contributed by atoms with Crippen molar-refractivity contribution >= 4 is 16.9 Å². The molecule has 0 bridgehead atoms. The summed E-state index contributed by atoms with van der Waals surface area (Å²) in [5.74, 6) is 0.787. The summed E-state index contributed by atoms with van der Waals surface area (Å²) >= 11 is 0. The number of hydrogen-bond acceptors (Lipinski definition) is 5. The zero-order chi connectivity index (χ0) is 18.8. The van der Waals surface area contributed by atoms with E-state index >= 15 is 0 Å². The molecule has 142 valence electrons. The highest BCUT2D eigenvalue weighted by Crippen LogP contribution is 2.21. The number of anilines is 1. The van der Waals surface area contributed by atoms with Crippen LogP contribution in [0.15, 0.2) is 47.0 Å². The first-order valence-electron chi connectivity index (χ1n) is 9.75. The minimum absolute atomic E-state index is 0.0253. The maximum Gasteiger partial charge on any atom is 0.262 e. The molecule has 0 amide bonds. The lowest BCUT2D eigenvalue weighted by Gasteiger charge is -2.29. The first kappa shape index (κ1) is 17.6. The molecule has 1 fully saturated rings. The number of piperidine rings is 1. The van der Waals surface area contributed by atoms with Gasteiger partial charge in [-0.3, -0.25) is 9.36 Å². The Hall–Kier alpha value is -2.76. The van der Waals surface area contributed by atoms with Crippen LogP contribution in [-0.2, 0) is 13.6 Å². The van der Waals surface area contributed by atoms with E-state index in [0.29, 0.717) is 11.9 Å². The normalized spacial score (nSPS) is 19.7. The topological polar surface area (TPSA) is 62.2 Å². The Morgan fingerprint density at radius 3 is 2.85 bits per heavy atom. The second kappa shape index (κ2) is 7.47. The lowest BCUT2D eigenvalue weighted by molar-refractivity contribution is 0.558. The summed E-state index contributed by atoms with van der Waals surface area (Å²) in [7, 11) is 1.83. The van der Waals surface area contributed by atoms with Gasteiger partial charge in [-0.25, -0.2) is 4.98 Å². The van der Waals surface area contributed by atoms with Crippen molar-refractivity contribution in [1.82, 2.24) is 20.2 Å². The van der Waals surface area contributed by atoms with Crippen LogP contribution in [-0.4, -0.2) is 28.7 Å². The molecule has 6 heteroatoms. The zero-order valence-corrected chi connectivity index (χ0v) is 16.0. The predicted octanol–water partition coefficient (Wildman–Crippen LogP) is 2.40. The summed E-state index contributed by atoms with van der Waals surface area (Å²) < 4.78 is 1.70. The van der Waals surface area contributed by atoms with E-state index in [1.165, 1.54) is 6.42 Å². The molecular weight excluding hydrogens is 338 g/mol. The minimum Gasteiger partial charge on any atom is -0.383 e. The molecule has 1 aromatic carbocycles. The van der Waals surface area contributed by atoms with E-state index in [1.54, 1.807) is 4.57 Å². The Morgan fingerprint density at radius 2 is 2.07 bits per heavy atom. The molecule has 2 aromatic rings. The predicted molar refractivity (Wildman–Crippen MR) is 110 cm³/mol. The molecule has 1 saturated heterocycles. The summed E-state index contributed by atoms with van der Waals surface area (Å²) in [6.07, 6.45) is 9.59. The van der Waals surface area contributed by atoms with E-state index in [1.807, 2.05) is 31.5 Å². The van der Waals surface area contributed by atoms with Crippen molar-refractivity contribution in [3.05, 3.63) is 58.2 Å². The Morgan fingerprint density at radius 1 is 1.26 bits per heavy atom. The smallest absolute Gasteiger partial charge is 0.262 e. The molecule has 0 saturated carbocycles. The largest absolute Gasteiger partial charge is 0.383 e. The Labute approximate surface area is 159 Å². The number of benzene rings is 1. The quantitative estimate of drug-likeness (QED) is 0.871. The van der Waals surface area contributed by atoms with Gasteiger partial charge in [-0.05, 0) is 56.2 Å². The number of fused-ring (bicyclic) bond motifs is 1. The summed E-state index contributed by atoms with van der Waals surface area (Å²) in [6, 6.07) is 6.12. The molecular formula is C21H27N5O. The molecule has 2 N–H and O–H groups in total. The molecule has 1 aromatic heterocycles. The summed E-state index contributed by atoms with van der Waals surface area (Å²) in [5.41, 5.74) is 3.01. The van der Waals surface area contributed by atoms with Gasteiger partial charge >= 0.3 is 0 Å². The van der Waals surface area contributed by atoms with Gasteiger partial charge in [-0.1, -0.05) is 12.1 Å². The average molecular weight is 365 g/mol. The zero-order valence-electron chi connectivity index (χ0n) is 16.0. The van der Waals surface area contributed by atoms with Crippen LogP contribution in [0.1, 0.15) is 31.7 Å². The van der Waals surface area contributed by atoms with Crippen molar-refractivity contribution < 1.29 is 0 Å². The highest BCUT2D eigenvalue weighted by Gasteiger charge is 2.18. The monoisotopic (exact) mass is 365 g/mol. The Balaban J connectivity index is 1.70. The number of hydrogen-bond donors (Lipinski definition) is 2. The van der Waals surface area contributed by atoms with Gasteiger partial charge in [0.2, 0.25) is 5.95 Å². The van der Waals surface area contributed by atoms with Crippen molar-refractivity contribution in [2.24, 2.45) is 7.05 Å². The molecule has 0 radical (unpaired) electrons. The molecule has 1 unspecified atom stereocenters. The fourth-order valence-electron chi connectivity index (χ4n) is 3.86. The van der Waals surface area contributed by atoms with E-state index in [-0.39, 0.29) is 11.6 Å². The highest BCUT2D eigenvalue weighted by molar-refractivity contribution is 5.82. The van der Waals surface area contributed by atoms with Gasteiger partial charge in [0, 0.05) is 32.4 Å². The maximum atomic E-state index is 12.9. The van der Waals surface area contributed by atoms with E-state index in [0.717, 1.165) is 48.7 Å². The second-order valence-corrected chi connectivity index (χ2v) is 7.36. The third kappa shape index (κ3) is 3.44. The Kier molecular flexibility index (Phi) is 4.88. The van der Waals surface area contributed by atoms with Crippen LogP contribution < -0.4 is 21.1 Å². The highest BCUT2D eigenvalue weighted by atomic mass is 16.1. The van der Waals surface area contributed by atoms with Crippen LogP contribution in [0.3, 0.4) is 0 Å². The van der Waals surface area contributed by atoms with E-state index in [9.17, 15) is 4.79 Å². The van der Waals surface area contributed by atoms with Gasteiger partial charge < -0.3 is 15.5 Å². The lowest BCUT2D eigenvalue weighted by Crippen LogP contribution is -2.36. The van der Waals surface area contributed by atoms with Crippen molar-refractivity contribution in [2.45, 2.75) is 38.8 Å². The number of para-hydroxylation sites is 1. The van der Waals surface area contributed by atoms with Gasteiger partial charge in [-0.15, -0.1) is 0 Å². The molecule has 4 rings (SSSR count). The Bertz CT molecular complexity index is 953. The van der Waals surface area contributed by atoms with Crippen LogP contribution in [0.25, 0.3) is 10.9 Å². The number of aromatic nitrogens is 2. The third-order valence-electron chi connectivity index (χ3n) is 5.47. The molecule has 1 atom stereocenters. The van der Waals surface area contributed by atoms with Gasteiger partial charge in [0.05, 0.1) is 16.9 Å². The van der Waals surface area contributed by atoms with Crippen molar-refractivity contribution in [3.63, 3.8) is 0 Å². The van der Waals surface area contributed by atoms with Crippen LogP contribution in [0.5, 0.6) is 0 Å². The van der Waals surface area contributed by atoms with Crippen LogP contribution in [0.2, 0.25) is 0 Å². The van der Waals surface area contributed by atoms with Gasteiger partial charge in [0.15, 0.2) is 0 Å². The molecule has 2 aliphatic heterocycles. The third-order valence-corrected chi connectivity index (χ3v) is 5.47. The van der Waals surface area contributed by atoms with E-state index in [4.69, 9.17) is 4.98 Å². The first-order valence-corrected chi connectivity index (χ1v) is 9.75.